The lowest BCUT2D eigenvalue weighted by Crippen LogP contribution is -2.45. The SMILES string of the molecule is CO[C@@H](O)C(O)[C@@H](O)[C@@H](O)CCO. The molecule has 0 fully saturated rings. The number of aliphatic hydroxyl groups is 5. The van der Waals surface area contributed by atoms with E-state index in [1.807, 2.05) is 0 Å². The number of hydrogen-bond acceptors (Lipinski definition) is 6. The predicted molar refractivity (Wildman–Crippen MR) is 42.7 cm³/mol. The van der Waals surface area contributed by atoms with Crippen LogP contribution in [-0.2, 0) is 4.74 Å². The third-order valence-corrected chi connectivity index (χ3v) is 1.70. The van der Waals surface area contributed by atoms with Gasteiger partial charge in [0.15, 0.2) is 6.29 Å². The summed E-state index contributed by atoms with van der Waals surface area (Å²) in [5.41, 5.74) is 0. The number of aliphatic hydroxyl groups excluding tert-OH is 5. The molecule has 0 heterocycles. The summed E-state index contributed by atoms with van der Waals surface area (Å²) in [4.78, 5) is 0. The quantitative estimate of drug-likeness (QED) is 0.298. The Hall–Kier alpha value is -0.240. The van der Waals surface area contributed by atoms with Crippen molar-refractivity contribution >= 4 is 0 Å². The maximum absolute atomic E-state index is 9.17. The second kappa shape index (κ2) is 6.25. The fraction of sp³-hybridized carbons (Fsp3) is 1.00. The molecule has 0 bridgehead atoms. The first kappa shape index (κ1) is 12.8. The highest BCUT2D eigenvalue weighted by molar-refractivity contribution is 4.76. The molecule has 0 radical (unpaired) electrons. The molecule has 0 amide bonds. The monoisotopic (exact) mass is 196 g/mol. The Morgan fingerprint density at radius 1 is 1.08 bits per heavy atom. The van der Waals surface area contributed by atoms with Crippen LogP contribution in [0.1, 0.15) is 6.42 Å². The minimum Gasteiger partial charge on any atom is -0.396 e. The summed E-state index contributed by atoms with van der Waals surface area (Å²) in [7, 11) is 1.15. The predicted octanol–water partition coefficient (Wildman–Crippen LogP) is -2.58. The van der Waals surface area contributed by atoms with Crippen molar-refractivity contribution in [1.29, 1.82) is 0 Å². The number of hydrogen-bond donors (Lipinski definition) is 5. The lowest BCUT2D eigenvalue weighted by atomic mass is 10.1. The zero-order chi connectivity index (χ0) is 10.4. The second-order valence-corrected chi connectivity index (χ2v) is 2.69. The summed E-state index contributed by atoms with van der Waals surface area (Å²) >= 11 is 0. The molecular weight excluding hydrogens is 180 g/mol. The molecular formula is C7H16O6. The van der Waals surface area contributed by atoms with E-state index in [0.29, 0.717) is 0 Å². The van der Waals surface area contributed by atoms with Crippen LogP contribution < -0.4 is 0 Å². The van der Waals surface area contributed by atoms with Crippen molar-refractivity contribution in [2.45, 2.75) is 31.0 Å². The molecule has 0 saturated carbocycles. The maximum Gasteiger partial charge on any atom is 0.183 e. The average Bonchev–Trinajstić information content (AvgIpc) is 2.14. The van der Waals surface area contributed by atoms with E-state index in [-0.39, 0.29) is 13.0 Å². The van der Waals surface area contributed by atoms with Gasteiger partial charge in [-0.2, -0.15) is 0 Å². The first-order valence-electron chi connectivity index (χ1n) is 3.90. The Morgan fingerprint density at radius 2 is 1.62 bits per heavy atom. The van der Waals surface area contributed by atoms with Crippen molar-refractivity contribution < 1.29 is 30.3 Å². The molecule has 0 aliphatic heterocycles. The molecule has 1 unspecified atom stereocenters. The van der Waals surface area contributed by atoms with E-state index in [1.54, 1.807) is 0 Å². The third kappa shape index (κ3) is 3.99. The first-order valence-corrected chi connectivity index (χ1v) is 3.90. The smallest absolute Gasteiger partial charge is 0.183 e. The minimum atomic E-state index is -1.59. The molecule has 5 N–H and O–H groups in total. The highest BCUT2D eigenvalue weighted by Crippen LogP contribution is 2.07. The Labute approximate surface area is 76.0 Å². The molecule has 0 aliphatic carbocycles. The maximum atomic E-state index is 9.17. The molecule has 6 nitrogen and oxygen atoms in total. The van der Waals surface area contributed by atoms with Gasteiger partial charge in [-0.15, -0.1) is 0 Å². The summed E-state index contributed by atoms with van der Waals surface area (Å²) in [5.74, 6) is 0. The number of methoxy groups -OCH3 is 1. The van der Waals surface area contributed by atoms with Crippen LogP contribution in [0.4, 0.5) is 0 Å². The fourth-order valence-electron chi connectivity index (χ4n) is 0.839. The molecule has 0 rings (SSSR count). The van der Waals surface area contributed by atoms with Gasteiger partial charge >= 0.3 is 0 Å². The van der Waals surface area contributed by atoms with E-state index < -0.39 is 24.6 Å². The average molecular weight is 196 g/mol. The van der Waals surface area contributed by atoms with Crippen LogP contribution in [0.5, 0.6) is 0 Å². The molecule has 6 heteroatoms. The number of ether oxygens (including phenoxy) is 1. The summed E-state index contributed by atoms with van der Waals surface area (Å²) in [5, 5.41) is 44.7. The van der Waals surface area contributed by atoms with Gasteiger partial charge in [0.05, 0.1) is 6.10 Å². The molecule has 13 heavy (non-hydrogen) atoms. The van der Waals surface area contributed by atoms with Crippen molar-refractivity contribution in [3.8, 4) is 0 Å². The molecule has 0 aromatic carbocycles. The minimum absolute atomic E-state index is 0.0747. The summed E-state index contributed by atoms with van der Waals surface area (Å²) in [6.45, 7) is -0.311. The number of rotatable bonds is 6. The standard InChI is InChI=1S/C7H16O6/c1-13-7(12)6(11)5(10)4(9)2-3-8/h4-12H,2-3H2,1H3/t4-,5-,6?,7+/m0/s1. The Balaban J connectivity index is 3.99. The van der Waals surface area contributed by atoms with Gasteiger partial charge in [0.2, 0.25) is 0 Å². The van der Waals surface area contributed by atoms with Gasteiger partial charge in [0.1, 0.15) is 12.2 Å². The van der Waals surface area contributed by atoms with Crippen LogP contribution in [0.2, 0.25) is 0 Å². The van der Waals surface area contributed by atoms with Gasteiger partial charge in [0, 0.05) is 13.7 Å². The van der Waals surface area contributed by atoms with Crippen LogP contribution in [0.15, 0.2) is 0 Å². The first-order chi connectivity index (χ1) is 6.04. The third-order valence-electron chi connectivity index (χ3n) is 1.70. The summed E-state index contributed by atoms with van der Waals surface area (Å²) in [6.07, 6.45) is -6.05. The highest BCUT2D eigenvalue weighted by Gasteiger charge is 2.29. The zero-order valence-electron chi connectivity index (χ0n) is 7.37. The van der Waals surface area contributed by atoms with Gasteiger partial charge in [-0.25, -0.2) is 0 Å². The van der Waals surface area contributed by atoms with Gasteiger partial charge in [-0.3, -0.25) is 0 Å². The van der Waals surface area contributed by atoms with E-state index in [0.717, 1.165) is 7.11 Å². The van der Waals surface area contributed by atoms with Crippen molar-refractivity contribution in [3.63, 3.8) is 0 Å². The van der Waals surface area contributed by atoms with E-state index in [1.165, 1.54) is 0 Å². The topological polar surface area (TPSA) is 110 Å². The molecule has 0 spiro atoms. The molecule has 80 valence electrons. The van der Waals surface area contributed by atoms with Crippen molar-refractivity contribution in [2.24, 2.45) is 0 Å². The van der Waals surface area contributed by atoms with E-state index in [9.17, 15) is 0 Å². The van der Waals surface area contributed by atoms with Crippen molar-refractivity contribution in [1.82, 2.24) is 0 Å². The lowest BCUT2D eigenvalue weighted by molar-refractivity contribution is -0.191. The molecule has 4 atom stereocenters. The Morgan fingerprint density at radius 3 is 2.00 bits per heavy atom. The van der Waals surface area contributed by atoms with Gasteiger partial charge in [-0.1, -0.05) is 0 Å². The van der Waals surface area contributed by atoms with Crippen LogP contribution >= 0.6 is 0 Å². The highest BCUT2D eigenvalue weighted by atomic mass is 16.6. The van der Waals surface area contributed by atoms with Crippen LogP contribution in [-0.4, -0.2) is 63.9 Å². The van der Waals surface area contributed by atoms with E-state index in [4.69, 9.17) is 25.5 Å². The fourth-order valence-corrected chi connectivity index (χ4v) is 0.839. The summed E-state index contributed by atoms with van der Waals surface area (Å²) in [6, 6.07) is 0. The van der Waals surface area contributed by atoms with Gasteiger partial charge in [0.25, 0.3) is 0 Å². The van der Waals surface area contributed by atoms with E-state index >= 15 is 0 Å². The lowest BCUT2D eigenvalue weighted by Gasteiger charge is -2.25. The van der Waals surface area contributed by atoms with Gasteiger partial charge < -0.3 is 30.3 Å². The molecule has 0 aliphatic rings. The molecule has 0 aromatic heterocycles. The normalized spacial score (nSPS) is 20.8. The Bertz CT molecular complexity index is 130. The zero-order valence-corrected chi connectivity index (χ0v) is 7.37. The van der Waals surface area contributed by atoms with Crippen LogP contribution in [0, 0.1) is 0 Å². The Kier molecular flexibility index (Phi) is 6.13. The molecule has 0 aromatic rings. The van der Waals surface area contributed by atoms with Crippen LogP contribution in [0.25, 0.3) is 0 Å². The van der Waals surface area contributed by atoms with Crippen molar-refractivity contribution in [3.05, 3.63) is 0 Å². The second-order valence-electron chi connectivity index (χ2n) is 2.69. The van der Waals surface area contributed by atoms with Crippen molar-refractivity contribution in [2.75, 3.05) is 13.7 Å². The van der Waals surface area contributed by atoms with Gasteiger partial charge in [-0.05, 0) is 6.42 Å². The summed E-state index contributed by atoms with van der Waals surface area (Å²) < 4.78 is 4.33. The molecule has 0 saturated heterocycles. The van der Waals surface area contributed by atoms with Crippen LogP contribution in [0.3, 0.4) is 0 Å². The largest absolute Gasteiger partial charge is 0.396 e. The van der Waals surface area contributed by atoms with E-state index in [2.05, 4.69) is 4.74 Å².